The minimum Gasteiger partial charge on any atom is -0.493 e. The highest BCUT2D eigenvalue weighted by molar-refractivity contribution is 6.29. The molecule has 84 valence electrons. The molecule has 0 aliphatic heterocycles. The highest BCUT2D eigenvalue weighted by Gasteiger charge is 2.09. The maximum absolute atomic E-state index is 5.86. The first-order valence-electron chi connectivity index (χ1n) is 4.70. The van der Waals surface area contributed by atoms with Gasteiger partial charge in [0.1, 0.15) is 5.15 Å². The summed E-state index contributed by atoms with van der Waals surface area (Å²) in [5, 5.41) is 0.518. The second kappa shape index (κ2) is 4.45. The van der Waals surface area contributed by atoms with E-state index in [0.29, 0.717) is 22.7 Å². The molecule has 4 nitrogen and oxygen atoms in total. The maximum atomic E-state index is 5.86. The molecule has 0 saturated carbocycles. The molecule has 0 fully saturated rings. The topological polar surface area (TPSA) is 36.3 Å². The highest BCUT2D eigenvalue weighted by atomic mass is 35.5. The summed E-state index contributed by atoms with van der Waals surface area (Å²) in [5.41, 5.74) is 0. The van der Waals surface area contributed by atoms with Gasteiger partial charge >= 0.3 is 6.01 Å². The average molecular weight is 239 g/mol. The van der Waals surface area contributed by atoms with Crippen LogP contribution in [0.15, 0.2) is 30.5 Å². The van der Waals surface area contributed by atoms with Gasteiger partial charge in [-0.25, -0.2) is 4.98 Å². The van der Waals surface area contributed by atoms with Crippen molar-refractivity contribution in [3.8, 4) is 17.5 Å². The second-order valence-corrected chi connectivity index (χ2v) is 3.56. The van der Waals surface area contributed by atoms with E-state index < -0.39 is 0 Å². The van der Waals surface area contributed by atoms with E-state index in [1.807, 2.05) is 18.2 Å². The first-order valence-corrected chi connectivity index (χ1v) is 5.08. The van der Waals surface area contributed by atoms with Crippen LogP contribution in [0.1, 0.15) is 0 Å². The minimum atomic E-state index is 0.425. The second-order valence-electron chi connectivity index (χ2n) is 3.18. The van der Waals surface area contributed by atoms with Crippen molar-refractivity contribution < 1.29 is 9.47 Å². The lowest BCUT2D eigenvalue weighted by atomic mass is 10.3. The molecule has 16 heavy (non-hydrogen) atoms. The van der Waals surface area contributed by atoms with Crippen LogP contribution in [-0.4, -0.2) is 16.7 Å². The lowest BCUT2D eigenvalue weighted by Gasteiger charge is -2.09. The Bertz CT molecular complexity index is 496. The number of nitrogens with zero attached hydrogens (tertiary/aromatic N) is 2. The molecule has 0 aliphatic rings. The Kier molecular flexibility index (Phi) is 3.01. The van der Waals surface area contributed by atoms with E-state index in [0.717, 1.165) is 0 Å². The largest absolute Gasteiger partial charge is 0.493 e. The van der Waals surface area contributed by atoms with Gasteiger partial charge in [0, 0.05) is 7.05 Å². The molecule has 0 atom stereocenters. The highest BCUT2D eigenvalue weighted by Crippen LogP contribution is 2.30. The molecule has 0 spiro atoms. The molecule has 0 bridgehead atoms. The van der Waals surface area contributed by atoms with Crippen LogP contribution >= 0.6 is 11.6 Å². The fourth-order valence-corrected chi connectivity index (χ4v) is 1.39. The molecule has 1 heterocycles. The van der Waals surface area contributed by atoms with E-state index >= 15 is 0 Å². The molecule has 0 N–H and O–H groups in total. The Hall–Kier alpha value is -1.68. The predicted octanol–water partition coefficient (Wildman–Crippen LogP) is 2.87. The molecular weight excluding hydrogens is 228 g/mol. The van der Waals surface area contributed by atoms with Crippen molar-refractivity contribution in [2.45, 2.75) is 0 Å². The van der Waals surface area contributed by atoms with Crippen LogP contribution in [0.25, 0.3) is 0 Å². The van der Waals surface area contributed by atoms with Crippen molar-refractivity contribution in [2.24, 2.45) is 7.05 Å². The number of halogens is 1. The first kappa shape index (κ1) is 10.8. The van der Waals surface area contributed by atoms with Gasteiger partial charge in [0.05, 0.1) is 13.3 Å². The van der Waals surface area contributed by atoms with Crippen LogP contribution in [0, 0.1) is 0 Å². The zero-order chi connectivity index (χ0) is 11.5. The Morgan fingerprint density at radius 2 is 1.94 bits per heavy atom. The zero-order valence-corrected chi connectivity index (χ0v) is 9.73. The molecule has 0 radical (unpaired) electrons. The van der Waals surface area contributed by atoms with Crippen LogP contribution < -0.4 is 9.47 Å². The fraction of sp³-hybridized carbons (Fsp3) is 0.182. The Labute approximate surface area is 98.4 Å². The van der Waals surface area contributed by atoms with Crippen molar-refractivity contribution >= 4 is 11.6 Å². The van der Waals surface area contributed by atoms with Gasteiger partial charge in [-0.3, -0.25) is 4.57 Å². The number of methoxy groups -OCH3 is 1. The number of benzene rings is 1. The molecule has 2 rings (SSSR count). The van der Waals surface area contributed by atoms with Crippen molar-refractivity contribution in [3.63, 3.8) is 0 Å². The third-order valence-electron chi connectivity index (χ3n) is 2.16. The maximum Gasteiger partial charge on any atom is 0.302 e. The first-order chi connectivity index (χ1) is 7.72. The molecule has 0 aliphatic carbocycles. The van der Waals surface area contributed by atoms with Gasteiger partial charge in [-0.1, -0.05) is 23.7 Å². The number of aromatic nitrogens is 2. The van der Waals surface area contributed by atoms with Gasteiger partial charge in [0.2, 0.25) is 0 Å². The number of hydrogen-bond acceptors (Lipinski definition) is 3. The summed E-state index contributed by atoms with van der Waals surface area (Å²) in [4.78, 5) is 4.04. The molecule has 0 unspecified atom stereocenters. The van der Waals surface area contributed by atoms with Crippen LogP contribution in [0.2, 0.25) is 5.15 Å². The number of para-hydroxylation sites is 2. The normalized spacial score (nSPS) is 10.2. The summed E-state index contributed by atoms with van der Waals surface area (Å²) in [5.74, 6) is 1.26. The van der Waals surface area contributed by atoms with E-state index in [1.165, 1.54) is 6.20 Å². The minimum absolute atomic E-state index is 0.425. The summed E-state index contributed by atoms with van der Waals surface area (Å²) >= 11 is 5.86. The van der Waals surface area contributed by atoms with Crippen LogP contribution in [0.4, 0.5) is 0 Å². The van der Waals surface area contributed by atoms with Crippen molar-refractivity contribution in [2.75, 3.05) is 7.11 Å². The third-order valence-corrected chi connectivity index (χ3v) is 2.51. The molecule has 0 amide bonds. The molecule has 1 aromatic heterocycles. The van der Waals surface area contributed by atoms with Crippen molar-refractivity contribution in [1.82, 2.24) is 9.55 Å². The average Bonchev–Trinajstić information content (AvgIpc) is 2.62. The third kappa shape index (κ3) is 1.97. The predicted molar refractivity (Wildman–Crippen MR) is 61.3 cm³/mol. The summed E-state index contributed by atoms with van der Waals surface area (Å²) in [6.07, 6.45) is 1.53. The molecule has 5 heteroatoms. The summed E-state index contributed by atoms with van der Waals surface area (Å²) < 4.78 is 12.4. The van der Waals surface area contributed by atoms with Crippen LogP contribution in [-0.2, 0) is 7.05 Å². The quantitative estimate of drug-likeness (QED) is 0.825. The summed E-state index contributed by atoms with van der Waals surface area (Å²) in [7, 11) is 3.37. The lowest BCUT2D eigenvalue weighted by molar-refractivity contribution is 0.362. The standard InChI is InChI=1S/C11H11ClN2O2/c1-14-10(12)7-13-11(14)16-9-6-4-3-5-8(9)15-2/h3-7H,1-2H3. The van der Waals surface area contributed by atoms with Crippen LogP contribution in [0.3, 0.4) is 0 Å². The van der Waals surface area contributed by atoms with E-state index in [1.54, 1.807) is 24.8 Å². The SMILES string of the molecule is COc1ccccc1Oc1ncc(Cl)n1C. The van der Waals surface area contributed by atoms with Gasteiger partial charge < -0.3 is 9.47 Å². The van der Waals surface area contributed by atoms with Crippen LogP contribution in [0.5, 0.6) is 17.5 Å². The zero-order valence-electron chi connectivity index (χ0n) is 8.98. The Balaban J connectivity index is 2.30. The van der Waals surface area contributed by atoms with E-state index in [-0.39, 0.29) is 0 Å². The van der Waals surface area contributed by atoms with Gasteiger partial charge in [-0.15, -0.1) is 0 Å². The van der Waals surface area contributed by atoms with E-state index in [4.69, 9.17) is 21.1 Å². The summed E-state index contributed by atoms with van der Waals surface area (Å²) in [6, 6.07) is 7.79. The monoisotopic (exact) mass is 238 g/mol. The molecule has 2 aromatic rings. The van der Waals surface area contributed by atoms with Gasteiger partial charge in [-0.2, -0.15) is 0 Å². The molecule has 1 aromatic carbocycles. The lowest BCUT2D eigenvalue weighted by Crippen LogP contribution is -1.96. The van der Waals surface area contributed by atoms with Gasteiger partial charge in [0.15, 0.2) is 11.5 Å². The smallest absolute Gasteiger partial charge is 0.302 e. The summed E-state index contributed by atoms with van der Waals surface area (Å²) in [6.45, 7) is 0. The Morgan fingerprint density at radius 1 is 1.25 bits per heavy atom. The van der Waals surface area contributed by atoms with E-state index in [9.17, 15) is 0 Å². The Morgan fingerprint density at radius 3 is 2.50 bits per heavy atom. The van der Waals surface area contributed by atoms with Crippen molar-refractivity contribution in [1.29, 1.82) is 0 Å². The number of ether oxygens (including phenoxy) is 2. The van der Waals surface area contributed by atoms with Gasteiger partial charge in [-0.05, 0) is 12.1 Å². The van der Waals surface area contributed by atoms with E-state index in [2.05, 4.69) is 4.98 Å². The fourth-order valence-electron chi connectivity index (χ4n) is 1.27. The number of imidazole rings is 1. The molecule has 0 saturated heterocycles. The number of rotatable bonds is 3. The number of hydrogen-bond donors (Lipinski definition) is 0. The molecular formula is C11H11ClN2O2. The van der Waals surface area contributed by atoms with Gasteiger partial charge in [0.25, 0.3) is 0 Å². The van der Waals surface area contributed by atoms with Crippen molar-refractivity contribution in [3.05, 3.63) is 35.6 Å².